The predicted octanol–water partition coefficient (Wildman–Crippen LogP) is 3.36. The molecule has 1 amide bonds. The van der Waals surface area contributed by atoms with Crippen LogP contribution in [0.15, 0.2) is 48.5 Å². The number of carbonyl (C=O) groups excluding carboxylic acids is 1. The highest BCUT2D eigenvalue weighted by molar-refractivity contribution is 5.95. The lowest BCUT2D eigenvalue weighted by molar-refractivity contribution is -0.117. The highest BCUT2D eigenvalue weighted by Crippen LogP contribution is 2.23. The number of anilines is 1. The van der Waals surface area contributed by atoms with Gasteiger partial charge in [-0.3, -0.25) is 4.79 Å². The van der Waals surface area contributed by atoms with Crippen molar-refractivity contribution in [3.8, 4) is 11.5 Å². The number of amides is 1. The Labute approximate surface area is 148 Å². The molecular formula is C20H24N2O3. The van der Waals surface area contributed by atoms with Gasteiger partial charge in [0.05, 0.1) is 12.6 Å². The SMILES string of the molecule is COCCc1ccc(Oc2ccc(NC(=O)C3CCCN3)cc2)cc1. The Morgan fingerprint density at radius 2 is 1.80 bits per heavy atom. The maximum absolute atomic E-state index is 12.1. The quantitative estimate of drug-likeness (QED) is 0.811. The molecule has 0 aliphatic carbocycles. The van der Waals surface area contributed by atoms with Crippen LogP contribution in [0.3, 0.4) is 0 Å². The van der Waals surface area contributed by atoms with Crippen LogP contribution >= 0.6 is 0 Å². The molecular weight excluding hydrogens is 316 g/mol. The molecule has 0 saturated carbocycles. The number of rotatable bonds is 7. The summed E-state index contributed by atoms with van der Waals surface area (Å²) in [6.07, 6.45) is 2.84. The maximum atomic E-state index is 12.1. The molecule has 3 rings (SSSR count). The van der Waals surface area contributed by atoms with Gasteiger partial charge in [-0.25, -0.2) is 0 Å². The van der Waals surface area contributed by atoms with Gasteiger partial charge in [-0.05, 0) is 67.8 Å². The summed E-state index contributed by atoms with van der Waals surface area (Å²) in [5, 5.41) is 6.13. The summed E-state index contributed by atoms with van der Waals surface area (Å²) in [4.78, 5) is 12.1. The van der Waals surface area contributed by atoms with Gasteiger partial charge in [-0.2, -0.15) is 0 Å². The fourth-order valence-corrected chi connectivity index (χ4v) is 2.82. The monoisotopic (exact) mass is 340 g/mol. The van der Waals surface area contributed by atoms with Crippen LogP contribution in [0, 0.1) is 0 Å². The third-order valence-corrected chi connectivity index (χ3v) is 4.25. The van der Waals surface area contributed by atoms with Gasteiger partial charge in [0.2, 0.25) is 5.91 Å². The van der Waals surface area contributed by atoms with Crippen LogP contribution in [-0.2, 0) is 16.0 Å². The number of ether oxygens (including phenoxy) is 2. The zero-order valence-electron chi connectivity index (χ0n) is 14.5. The number of benzene rings is 2. The van der Waals surface area contributed by atoms with Crippen molar-refractivity contribution in [1.82, 2.24) is 5.32 Å². The van der Waals surface area contributed by atoms with Crippen molar-refractivity contribution in [3.05, 3.63) is 54.1 Å². The molecule has 5 nitrogen and oxygen atoms in total. The van der Waals surface area contributed by atoms with Crippen molar-refractivity contribution in [2.24, 2.45) is 0 Å². The molecule has 2 aromatic carbocycles. The number of methoxy groups -OCH3 is 1. The minimum absolute atomic E-state index is 0.0258. The molecule has 0 bridgehead atoms. The lowest BCUT2D eigenvalue weighted by Gasteiger charge is -2.12. The Hall–Kier alpha value is -2.37. The van der Waals surface area contributed by atoms with Crippen molar-refractivity contribution in [2.45, 2.75) is 25.3 Å². The fraction of sp³-hybridized carbons (Fsp3) is 0.350. The third kappa shape index (κ3) is 5.05. The molecule has 2 aromatic rings. The van der Waals surface area contributed by atoms with Gasteiger partial charge in [0, 0.05) is 12.8 Å². The number of hydrogen-bond acceptors (Lipinski definition) is 4. The topological polar surface area (TPSA) is 59.6 Å². The lowest BCUT2D eigenvalue weighted by atomic mass is 10.1. The van der Waals surface area contributed by atoms with Gasteiger partial charge in [-0.1, -0.05) is 12.1 Å². The minimum atomic E-state index is -0.0763. The van der Waals surface area contributed by atoms with E-state index in [4.69, 9.17) is 9.47 Å². The molecule has 1 unspecified atom stereocenters. The normalized spacial score (nSPS) is 16.6. The van der Waals surface area contributed by atoms with E-state index < -0.39 is 0 Å². The van der Waals surface area contributed by atoms with Gasteiger partial charge >= 0.3 is 0 Å². The minimum Gasteiger partial charge on any atom is -0.457 e. The van der Waals surface area contributed by atoms with Crippen LogP contribution in [0.25, 0.3) is 0 Å². The largest absolute Gasteiger partial charge is 0.457 e. The summed E-state index contributed by atoms with van der Waals surface area (Å²) in [5.41, 5.74) is 1.99. The van der Waals surface area contributed by atoms with E-state index in [0.29, 0.717) is 6.61 Å². The van der Waals surface area contributed by atoms with E-state index in [2.05, 4.69) is 10.6 Å². The van der Waals surface area contributed by atoms with Gasteiger partial charge < -0.3 is 20.1 Å². The molecule has 1 aliphatic heterocycles. The van der Waals surface area contributed by atoms with Crippen molar-refractivity contribution in [3.63, 3.8) is 0 Å². The fourth-order valence-electron chi connectivity index (χ4n) is 2.82. The summed E-state index contributed by atoms with van der Waals surface area (Å²) in [5.74, 6) is 1.55. The van der Waals surface area contributed by atoms with E-state index in [9.17, 15) is 4.79 Å². The van der Waals surface area contributed by atoms with Crippen LogP contribution in [0.2, 0.25) is 0 Å². The van der Waals surface area contributed by atoms with Gasteiger partial charge in [0.25, 0.3) is 0 Å². The summed E-state index contributed by atoms with van der Waals surface area (Å²) >= 11 is 0. The van der Waals surface area contributed by atoms with E-state index in [1.165, 1.54) is 5.56 Å². The van der Waals surface area contributed by atoms with E-state index >= 15 is 0 Å². The molecule has 0 radical (unpaired) electrons. The van der Waals surface area contributed by atoms with Crippen LogP contribution in [0.5, 0.6) is 11.5 Å². The second-order valence-electron chi connectivity index (χ2n) is 6.15. The van der Waals surface area contributed by atoms with E-state index in [-0.39, 0.29) is 11.9 Å². The highest BCUT2D eigenvalue weighted by atomic mass is 16.5. The number of nitrogens with one attached hydrogen (secondary N) is 2. The molecule has 25 heavy (non-hydrogen) atoms. The van der Waals surface area contributed by atoms with E-state index in [1.807, 2.05) is 48.5 Å². The Kier molecular flexibility index (Phi) is 6.04. The average molecular weight is 340 g/mol. The molecule has 1 heterocycles. The van der Waals surface area contributed by atoms with Crippen molar-refractivity contribution < 1.29 is 14.3 Å². The van der Waals surface area contributed by atoms with Crippen LogP contribution in [-0.4, -0.2) is 32.2 Å². The molecule has 5 heteroatoms. The summed E-state index contributed by atoms with van der Waals surface area (Å²) in [7, 11) is 1.70. The van der Waals surface area contributed by atoms with Gasteiger partial charge in [-0.15, -0.1) is 0 Å². The molecule has 2 N–H and O–H groups in total. The molecule has 1 atom stereocenters. The standard InChI is InChI=1S/C20H24N2O3/c1-24-14-12-15-4-8-17(9-5-15)25-18-10-6-16(7-11-18)22-20(23)19-3-2-13-21-19/h4-11,19,21H,2-3,12-14H2,1H3,(H,22,23). The first-order chi connectivity index (χ1) is 12.2. The Morgan fingerprint density at radius 3 is 2.40 bits per heavy atom. The van der Waals surface area contributed by atoms with Gasteiger partial charge in [0.15, 0.2) is 0 Å². The third-order valence-electron chi connectivity index (χ3n) is 4.25. The van der Waals surface area contributed by atoms with Crippen LogP contribution in [0.4, 0.5) is 5.69 Å². The first-order valence-corrected chi connectivity index (χ1v) is 8.64. The Balaban J connectivity index is 1.54. The summed E-state index contributed by atoms with van der Waals surface area (Å²) in [6, 6.07) is 15.3. The Morgan fingerprint density at radius 1 is 1.12 bits per heavy atom. The summed E-state index contributed by atoms with van der Waals surface area (Å²) in [6.45, 7) is 1.62. The first-order valence-electron chi connectivity index (χ1n) is 8.64. The predicted molar refractivity (Wildman–Crippen MR) is 98.2 cm³/mol. The molecule has 132 valence electrons. The number of hydrogen-bond donors (Lipinski definition) is 2. The van der Waals surface area contributed by atoms with Crippen LogP contribution in [0.1, 0.15) is 18.4 Å². The smallest absolute Gasteiger partial charge is 0.241 e. The first kappa shape index (κ1) is 17.5. The zero-order chi connectivity index (χ0) is 17.5. The molecule has 0 spiro atoms. The van der Waals surface area contributed by atoms with Crippen molar-refractivity contribution in [2.75, 3.05) is 25.6 Å². The van der Waals surface area contributed by atoms with Crippen LogP contribution < -0.4 is 15.4 Å². The molecule has 1 saturated heterocycles. The van der Waals surface area contributed by atoms with Crippen molar-refractivity contribution >= 4 is 11.6 Å². The second-order valence-corrected chi connectivity index (χ2v) is 6.15. The highest BCUT2D eigenvalue weighted by Gasteiger charge is 2.21. The molecule has 0 aromatic heterocycles. The average Bonchev–Trinajstić information content (AvgIpc) is 3.18. The van der Waals surface area contributed by atoms with E-state index in [0.717, 1.165) is 43.0 Å². The molecule has 1 aliphatic rings. The van der Waals surface area contributed by atoms with Crippen molar-refractivity contribution in [1.29, 1.82) is 0 Å². The van der Waals surface area contributed by atoms with E-state index in [1.54, 1.807) is 7.11 Å². The Bertz CT molecular complexity index is 677. The second kappa shape index (κ2) is 8.65. The maximum Gasteiger partial charge on any atom is 0.241 e. The molecule has 1 fully saturated rings. The van der Waals surface area contributed by atoms with Gasteiger partial charge in [0.1, 0.15) is 11.5 Å². The zero-order valence-corrected chi connectivity index (χ0v) is 14.5. The lowest BCUT2D eigenvalue weighted by Crippen LogP contribution is -2.35. The summed E-state index contributed by atoms with van der Waals surface area (Å²) < 4.78 is 10.9. The number of carbonyl (C=O) groups is 1.